The number of methoxy groups -OCH3 is 1. The summed E-state index contributed by atoms with van der Waals surface area (Å²) in [6.07, 6.45) is 0.979. The van der Waals surface area contributed by atoms with Crippen LogP contribution >= 0.6 is 11.8 Å². The number of rotatable bonds is 10. The molecule has 0 saturated heterocycles. The van der Waals surface area contributed by atoms with Crippen molar-refractivity contribution in [2.45, 2.75) is 31.6 Å². The SMILES string of the molecule is COc1ccc(CCNC(=O)COC(=O)CCSc2ccc(C)c(C)c2)cc1. The first-order chi connectivity index (χ1) is 13.5. The zero-order chi connectivity index (χ0) is 20.4. The molecule has 28 heavy (non-hydrogen) atoms. The molecule has 0 bridgehead atoms. The second-order valence-electron chi connectivity index (χ2n) is 6.45. The highest BCUT2D eigenvalue weighted by atomic mass is 32.2. The number of thioether (sulfide) groups is 1. The van der Waals surface area contributed by atoms with E-state index in [9.17, 15) is 9.59 Å². The fraction of sp³-hybridized carbons (Fsp3) is 0.364. The largest absolute Gasteiger partial charge is 0.497 e. The summed E-state index contributed by atoms with van der Waals surface area (Å²) in [4.78, 5) is 24.7. The smallest absolute Gasteiger partial charge is 0.307 e. The summed E-state index contributed by atoms with van der Waals surface area (Å²) in [5.41, 5.74) is 3.59. The van der Waals surface area contributed by atoms with Gasteiger partial charge in [0.2, 0.25) is 0 Å². The van der Waals surface area contributed by atoms with Crippen LogP contribution in [0.4, 0.5) is 0 Å². The van der Waals surface area contributed by atoms with Crippen LogP contribution in [0.3, 0.4) is 0 Å². The summed E-state index contributed by atoms with van der Waals surface area (Å²) in [6.45, 7) is 4.39. The van der Waals surface area contributed by atoms with Gasteiger partial charge in [-0.1, -0.05) is 18.2 Å². The molecular formula is C22H27NO4S. The Bertz CT molecular complexity index is 790. The van der Waals surface area contributed by atoms with Crippen LogP contribution in [-0.2, 0) is 20.7 Å². The van der Waals surface area contributed by atoms with Crippen molar-refractivity contribution in [1.29, 1.82) is 0 Å². The normalized spacial score (nSPS) is 10.4. The number of amides is 1. The van der Waals surface area contributed by atoms with E-state index in [1.165, 1.54) is 11.1 Å². The second kappa shape index (κ2) is 11.4. The zero-order valence-electron chi connectivity index (χ0n) is 16.6. The van der Waals surface area contributed by atoms with Crippen molar-refractivity contribution < 1.29 is 19.1 Å². The average molecular weight is 402 g/mol. The van der Waals surface area contributed by atoms with Crippen LogP contribution < -0.4 is 10.1 Å². The molecule has 2 rings (SSSR count). The minimum absolute atomic E-state index is 0.240. The van der Waals surface area contributed by atoms with Crippen molar-refractivity contribution in [2.24, 2.45) is 0 Å². The van der Waals surface area contributed by atoms with Gasteiger partial charge in [-0.25, -0.2) is 0 Å². The highest BCUT2D eigenvalue weighted by molar-refractivity contribution is 7.99. The molecule has 2 aromatic carbocycles. The third-order valence-corrected chi connectivity index (χ3v) is 5.31. The first-order valence-electron chi connectivity index (χ1n) is 9.23. The molecule has 0 aliphatic carbocycles. The Labute approximate surface area is 170 Å². The number of hydrogen-bond donors (Lipinski definition) is 1. The molecule has 0 saturated carbocycles. The number of carbonyl (C=O) groups is 2. The quantitative estimate of drug-likeness (QED) is 0.486. The fourth-order valence-corrected chi connectivity index (χ4v) is 3.39. The Morgan fingerprint density at radius 3 is 2.46 bits per heavy atom. The number of benzene rings is 2. The van der Waals surface area contributed by atoms with Crippen LogP contribution in [0, 0.1) is 13.8 Å². The first kappa shape index (κ1) is 21.8. The predicted molar refractivity (Wildman–Crippen MR) is 112 cm³/mol. The van der Waals surface area contributed by atoms with Gasteiger partial charge in [0.05, 0.1) is 13.5 Å². The number of carbonyl (C=O) groups excluding carboxylic acids is 2. The molecule has 2 aromatic rings. The molecule has 1 amide bonds. The van der Waals surface area contributed by atoms with Crippen molar-refractivity contribution in [3.63, 3.8) is 0 Å². The van der Waals surface area contributed by atoms with E-state index in [-0.39, 0.29) is 24.9 Å². The van der Waals surface area contributed by atoms with E-state index in [0.717, 1.165) is 16.2 Å². The van der Waals surface area contributed by atoms with Crippen molar-refractivity contribution in [2.75, 3.05) is 26.0 Å². The number of esters is 1. The number of ether oxygens (including phenoxy) is 2. The standard InChI is InChI=1S/C22H27NO4S/c1-16-4-9-20(14-17(16)2)28-13-11-22(25)27-15-21(24)23-12-10-18-5-7-19(26-3)8-6-18/h4-9,14H,10-13,15H2,1-3H3,(H,23,24). The summed E-state index contributed by atoms with van der Waals surface area (Å²) in [6, 6.07) is 13.9. The molecule has 0 aliphatic heterocycles. The Morgan fingerprint density at radius 1 is 1.04 bits per heavy atom. The highest BCUT2D eigenvalue weighted by Crippen LogP contribution is 2.21. The van der Waals surface area contributed by atoms with E-state index in [1.807, 2.05) is 24.3 Å². The summed E-state index contributed by atoms with van der Waals surface area (Å²) in [5, 5.41) is 2.76. The van der Waals surface area contributed by atoms with Crippen LogP contribution in [0.25, 0.3) is 0 Å². The van der Waals surface area contributed by atoms with Gasteiger partial charge in [-0.3, -0.25) is 9.59 Å². The lowest BCUT2D eigenvalue weighted by atomic mass is 10.1. The molecular weight excluding hydrogens is 374 g/mol. The molecule has 5 nitrogen and oxygen atoms in total. The maximum absolute atomic E-state index is 11.8. The van der Waals surface area contributed by atoms with Crippen LogP contribution in [0.2, 0.25) is 0 Å². The van der Waals surface area contributed by atoms with Gasteiger partial charge >= 0.3 is 5.97 Å². The van der Waals surface area contributed by atoms with E-state index in [0.29, 0.717) is 18.7 Å². The van der Waals surface area contributed by atoms with Gasteiger partial charge in [-0.05, 0) is 61.2 Å². The van der Waals surface area contributed by atoms with Crippen molar-refractivity contribution >= 4 is 23.6 Å². The molecule has 0 aliphatic rings. The minimum atomic E-state index is -0.360. The molecule has 0 spiro atoms. The Morgan fingerprint density at radius 2 is 1.79 bits per heavy atom. The van der Waals surface area contributed by atoms with Gasteiger partial charge in [0.1, 0.15) is 5.75 Å². The Balaban J connectivity index is 1.58. The molecule has 150 valence electrons. The molecule has 0 heterocycles. The lowest BCUT2D eigenvalue weighted by Gasteiger charge is -2.08. The molecule has 0 atom stereocenters. The highest BCUT2D eigenvalue weighted by Gasteiger charge is 2.08. The maximum Gasteiger partial charge on any atom is 0.307 e. The van der Waals surface area contributed by atoms with E-state index >= 15 is 0 Å². The van der Waals surface area contributed by atoms with Gasteiger partial charge in [-0.2, -0.15) is 0 Å². The monoisotopic (exact) mass is 401 g/mol. The van der Waals surface area contributed by atoms with Crippen LogP contribution in [-0.4, -0.2) is 37.9 Å². The molecule has 6 heteroatoms. The number of aryl methyl sites for hydroxylation is 2. The third kappa shape index (κ3) is 7.64. The zero-order valence-corrected chi connectivity index (χ0v) is 17.4. The summed E-state index contributed by atoms with van der Waals surface area (Å²) < 4.78 is 10.1. The molecule has 0 radical (unpaired) electrons. The summed E-state index contributed by atoms with van der Waals surface area (Å²) in [5.74, 6) is 0.779. The van der Waals surface area contributed by atoms with Crippen molar-refractivity contribution in [3.8, 4) is 5.75 Å². The number of nitrogens with one attached hydrogen (secondary N) is 1. The molecule has 1 N–H and O–H groups in total. The molecule has 0 unspecified atom stereocenters. The van der Waals surface area contributed by atoms with Crippen molar-refractivity contribution in [1.82, 2.24) is 5.32 Å². The van der Waals surface area contributed by atoms with Gasteiger partial charge in [0.15, 0.2) is 6.61 Å². The summed E-state index contributed by atoms with van der Waals surface area (Å²) >= 11 is 1.61. The number of hydrogen-bond acceptors (Lipinski definition) is 5. The molecule has 0 fully saturated rings. The summed E-state index contributed by atoms with van der Waals surface area (Å²) in [7, 11) is 1.62. The lowest BCUT2D eigenvalue weighted by Crippen LogP contribution is -2.30. The minimum Gasteiger partial charge on any atom is -0.497 e. The topological polar surface area (TPSA) is 64.6 Å². The van der Waals surface area contributed by atoms with E-state index in [4.69, 9.17) is 9.47 Å². The maximum atomic E-state index is 11.8. The Kier molecular flexibility index (Phi) is 8.88. The predicted octanol–water partition coefficient (Wildman–Crippen LogP) is 3.70. The van der Waals surface area contributed by atoms with E-state index in [2.05, 4.69) is 37.4 Å². The van der Waals surface area contributed by atoms with Crippen LogP contribution in [0.5, 0.6) is 5.75 Å². The van der Waals surface area contributed by atoms with Gasteiger partial charge in [0, 0.05) is 17.2 Å². The third-order valence-electron chi connectivity index (χ3n) is 4.31. The van der Waals surface area contributed by atoms with Gasteiger partial charge in [0.25, 0.3) is 5.91 Å². The van der Waals surface area contributed by atoms with Crippen LogP contribution in [0.15, 0.2) is 47.4 Å². The lowest BCUT2D eigenvalue weighted by molar-refractivity contribution is -0.148. The van der Waals surface area contributed by atoms with E-state index in [1.54, 1.807) is 18.9 Å². The van der Waals surface area contributed by atoms with E-state index < -0.39 is 0 Å². The van der Waals surface area contributed by atoms with Crippen molar-refractivity contribution in [3.05, 3.63) is 59.2 Å². The van der Waals surface area contributed by atoms with Crippen LogP contribution in [0.1, 0.15) is 23.1 Å². The average Bonchev–Trinajstić information content (AvgIpc) is 2.69. The Hall–Kier alpha value is -2.47. The van der Waals surface area contributed by atoms with Gasteiger partial charge < -0.3 is 14.8 Å². The second-order valence-corrected chi connectivity index (χ2v) is 7.62. The fourth-order valence-electron chi connectivity index (χ4n) is 2.46. The molecule has 0 aromatic heterocycles. The van der Waals surface area contributed by atoms with Gasteiger partial charge in [-0.15, -0.1) is 11.8 Å². The first-order valence-corrected chi connectivity index (χ1v) is 10.2.